The van der Waals surface area contributed by atoms with Crippen LogP contribution >= 0.6 is 0 Å². The Balaban J connectivity index is 2.29. The predicted molar refractivity (Wildman–Crippen MR) is 61.3 cm³/mol. The first-order chi connectivity index (χ1) is 8.09. The monoisotopic (exact) mass is 244 g/mol. The van der Waals surface area contributed by atoms with Gasteiger partial charge in [0.05, 0.1) is 12.2 Å². The van der Waals surface area contributed by atoms with Crippen LogP contribution in [0, 0.1) is 0 Å². The quantitative estimate of drug-likeness (QED) is 0.321. The molecule has 0 saturated carbocycles. The predicted octanol–water partition coefficient (Wildman–Crippen LogP) is 1.66. The molecule has 1 aliphatic carbocycles. The van der Waals surface area contributed by atoms with Crippen LogP contribution in [0.1, 0.15) is 39.0 Å². The van der Waals surface area contributed by atoms with E-state index >= 15 is 0 Å². The Labute approximate surface area is 101 Å². The molecule has 0 radical (unpaired) electrons. The molecular weight excluding hydrogens is 224 g/mol. The van der Waals surface area contributed by atoms with Gasteiger partial charge < -0.3 is 9.84 Å². The van der Waals surface area contributed by atoms with Gasteiger partial charge >= 0.3 is 5.97 Å². The number of carbonyl (C=O) groups excluding carboxylic acids is 1. The van der Waals surface area contributed by atoms with Crippen LogP contribution < -0.4 is 0 Å². The van der Waals surface area contributed by atoms with E-state index in [-0.39, 0.29) is 12.1 Å². The van der Waals surface area contributed by atoms with Gasteiger partial charge in [0.25, 0.3) is 0 Å². The molecule has 0 aromatic carbocycles. The van der Waals surface area contributed by atoms with Gasteiger partial charge in [-0.3, -0.25) is 10.1 Å². The molecule has 0 fully saturated rings. The summed E-state index contributed by atoms with van der Waals surface area (Å²) in [4.78, 5) is 15.3. The van der Waals surface area contributed by atoms with Gasteiger partial charge in [0.1, 0.15) is 6.10 Å². The van der Waals surface area contributed by atoms with E-state index in [1.54, 1.807) is 19.1 Å². The van der Waals surface area contributed by atoms with Crippen molar-refractivity contribution in [3.8, 4) is 0 Å². The lowest BCUT2D eigenvalue weighted by Gasteiger charge is -2.29. The number of ether oxygens (including phenoxy) is 1. The molecule has 0 aliphatic heterocycles. The molecule has 0 aromatic heterocycles. The Morgan fingerprint density at radius 3 is 2.88 bits per heavy atom. The molecule has 0 saturated heterocycles. The maximum Gasteiger partial charge on any atom is 0.305 e. The Kier molecular flexibility index (Phi) is 5.61. The van der Waals surface area contributed by atoms with E-state index < -0.39 is 5.60 Å². The standard InChI is InChI=1S/C12H20O5/c1-2-16-11(13)4-3-7-12(14)8-5-10(17-15)6-9-12/h5,8,10,14-15H,2-4,6-7,9H2,1H3. The van der Waals surface area contributed by atoms with Crippen LogP contribution in [-0.2, 0) is 14.4 Å². The molecule has 2 N–H and O–H groups in total. The summed E-state index contributed by atoms with van der Waals surface area (Å²) in [5.74, 6) is -0.229. The summed E-state index contributed by atoms with van der Waals surface area (Å²) in [5, 5.41) is 18.6. The lowest BCUT2D eigenvalue weighted by atomic mass is 9.85. The van der Waals surface area contributed by atoms with Crippen LogP contribution in [-0.4, -0.2) is 34.6 Å². The molecule has 0 aromatic rings. The molecule has 0 bridgehead atoms. The number of rotatable bonds is 6. The lowest BCUT2D eigenvalue weighted by Crippen LogP contribution is -2.32. The Bertz CT molecular complexity index is 276. The molecule has 17 heavy (non-hydrogen) atoms. The van der Waals surface area contributed by atoms with Crippen molar-refractivity contribution in [1.29, 1.82) is 0 Å². The highest BCUT2D eigenvalue weighted by Gasteiger charge is 2.28. The van der Waals surface area contributed by atoms with Crippen molar-refractivity contribution < 1.29 is 24.8 Å². The van der Waals surface area contributed by atoms with Crippen LogP contribution in [0.15, 0.2) is 12.2 Å². The average molecular weight is 244 g/mol. The maximum atomic E-state index is 11.1. The molecule has 2 unspecified atom stereocenters. The highest BCUT2D eigenvalue weighted by Crippen LogP contribution is 2.28. The number of hydrogen-bond donors (Lipinski definition) is 2. The topological polar surface area (TPSA) is 76.0 Å². The number of hydrogen-bond acceptors (Lipinski definition) is 5. The van der Waals surface area contributed by atoms with Crippen molar-refractivity contribution in [2.75, 3.05) is 6.61 Å². The zero-order valence-electron chi connectivity index (χ0n) is 10.1. The van der Waals surface area contributed by atoms with Gasteiger partial charge in [0.2, 0.25) is 0 Å². The van der Waals surface area contributed by atoms with E-state index in [0.29, 0.717) is 38.7 Å². The average Bonchev–Trinajstić information content (AvgIpc) is 2.30. The minimum absolute atomic E-state index is 0.229. The maximum absolute atomic E-state index is 11.1. The van der Waals surface area contributed by atoms with E-state index in [9.17, 15) is 9.90 Å². The van der Waals surface area contributed by atoms with E-state index in [4.69, 9.17) is 9.99 Å². The first-order valence-corrected chi connectivity index (χ1v) is 5.97. The molecule has 1 aliphatic rings. The van der Waals surface area contributed by atoms with E-state index in [2.05, 4.69) is 4.89 Å². The van der Waals surface area contributed by atoms with Crippen molar-refractivity contribution in [3.05, 3.63) is 12.2 Å². The van der Waals surface area contributed by atoms with Crippen LogP contribution in [0.3, 0.4) is 0 Å². The third kappa shape index (κ3) is 4.85. The molecule has 1 rings (SSSR count). The summed E-state index contributed by atoms with van der Waals surface area (Å²) >= 11 is 0. The zero-order chi connectivity index (χ0) is 12.7. The van der Waals surface area contributed by atoms with Crippen molar-refractivity contribution in [3.63, 3.8) is 0 Å². The second kappa shape index (κ2) is 6.74. The SMILES string of the molecule is CCOC(=O)CCCC1(O)C=CC(OO)CC1. The zero-order valence-corrected chi connectivity index (χ0v) is 10.1. The molecule has 5 nitrogen and oxygen atoms in total. The van der Waals surface area contributed by atoms with Crippen LogP contribution in [0.25, 0.3) is 0 Å². The van der Waals surface area contributed by atoms with Crippen molar-refractivity contribution >= 4 is 5.97 Å². The minimum Gasteiger partial charge on any atom is -0.466 e. The summed E-state index contributed by atoms with van der Waals surface area (Å²) in [6.45, 7) is 2.16. The fourth-order valence-electron chi connectivity index (χ4n) is 1.93. The lowest BCUT2D eigenvalue weighted by molar-refractivity contribution is -0.269. The Morgan fingerprint density at radius 1 is 1.59 bits per heavy atom. The van der Waals surface area contributed by atoms with E-state index in [1.165, 1.54) is 0 Å². The van der Waals surface area contributed by atoms with Gasteiger partial charge in [-0.2, -0.15) is 0 Å². The molecule has 0 spiro atoms. The third-order valence-corrected chi connectivity index (χ3v) is 2.91. The first-order valence-electron chi connectivity index (χ1n) is 5.97. The van der Waals surface area contributed by atoms with Gasteiger partial charge in [-0.05, 0) is 32.6 Å². The van der Waals surface area contributed by atoms with Gasteiger partial charge in [-0.1, -0.05) is 12.2 Å². The summed E-state index contributed by atoms with van der Waals surface area (Å²) in [6.07, 6.45) is 5.48. The van der Waals surface area contributed by atoms with Crippen LogP contribution in [0.5, 0.6) is 0 Å². The van der Waals surface area contributed by atoms with E-state index in [1.807, 2.05) is 0 Å². The molecule has 5 heteroatoms. The van der Waals surface area contributed by atoms with Gasteiger partial charge in [0, 0.05) is 6.42 Å². The Morgan fingerprint density at radius 2 is 2.35 bits per heavy atom. The van der Waals surface area contributed by atoms with Crippen LogP contribution in [0.2, 0.25) is 0 Å². The molecule has 0 amide bonds. The number of carbonyl (C=O) groups is 1. The van der Waals surface area contributed by atoms with Crippen LogP contribution in [0.4, 0.5) is 0 Å². The fourth-order valence-corrected chi connectivity index (χ4v) is 1.93. The number of aliphatic hydroxyl groups is 1. The van der Waals surface area contributed by atoms with Gasteiger partial charge in [-0.25, -0.2) is 4.89 Å². The van der Waals surface area contributed by atoms with E-state index in [0.717, 1.165) is 0 Å². The molecule has 98 valence electrons. The molecular formula is C12H20O5. The molecule has 0 heterocycles. The summed E-state index contributed by atoms with van der Waals surface area (Å²) < 4.78 is 4.81. The Hall–Kier alpha value is -0.910. The minimum atomic E-state index is -0.887. The largest absolute Gasteiger partial charge is 0.466 e. The van der Waals surface area contributed by atoms with Crippen molar-refractivity contribution in [1.82, 2.24) is 0 Å². The summed E-state index contributed by atoms with van der Waals surface area (Å²) in [5.41, 5.74) is -0.887. The molecule has 2 atom stereocenters. The highest BCUT2D eigenvalue weighted by molar-refractivity contribution is 5.69. The first kappa shape index (κ1) is 14.2. The third-order valence-electron chi connectivity index (χ3n) is 2.91. The van der Waals surface area contributed by atoms with Crippen molar-refractivity contribution in [2.24, 2.45) is 0 Å². The van der Waals surface area contributed by atoms with Gasteiger partial charge in [-0.15, -0.1) is 0 Å². The second-order valence-corrected chi connectivity index (χ2v) is 4.30. The second-order valence-electron chi connectivity index (χ2n) is 4.30. The normalized spacial score (nSPS) is 28.1. The van der Waals surface area contributed by atoms with Gasteiger partial charge in [0.15, 0.2) is 0 Å². The highest BCUT2D eigenvalue weighted by atomic mass is 17.1. The summed E-state index contributed by atoms with van der Waals surface area (Å²) in [7, 11) is 0. The summed E-state index contributed by atoms with van der Waals surface area (Å²) in [6, 6.07) is 0. The smallest absolute Gasteiger partial charge is 0.305 e. The fraction of sp³-hybridized carbons (Fsp3) is 0.750. The van der Waals surface area contributed by atoms with Crippen molar-refractivity contribution in [2.45, 2.75) is 50.7 Å². The number of esters is 1.